The van der Waals surface area contributed by atoms with Gasteiger partial charge in [-0.3, -0.25) is 9.59 Å². The molecule has 2 N–H and O–H groups in total. The van der Waals surface area contributed by atoms with Crippen molar-refractivity contribution >= 4 is 23.9 Å². The van der Waals surface area contributed by atoms with Gasteiger partial charge >= 0.3 is 0 Å². The lowest BCUT2D eigenvalue weighted by molar-refractivity contribution is -0.305. The molecule has 1 heterocycles. The van der Waals surface area contributed by atoms with Crippen molar-refractivity contribution in [3.05, 3.63) is 65.7 Å². The van der Waals surface area contributed by atoms with Gasteiger partial charge in [0.05, 0.1) is 6.26 Å². The second kappa shape index (κ2) is 8.33. The molecule has 7 heteroatoms. The van der Waals surface area contributed by atoms with E-state index in [1.165, 1.54) is 12.3 Å². The van der Waals surface area contributed by atoms with Crippen molar-refractivity contribution in [1.29, 1.82) is 0 Å². The summed E-state index contributed by atoms with van der Waals surface area (Å²) in [6, 6.07) is 11.6. The number of aliphatic carboxylic acids is 1. The number of hydrogen-bond acceptors (Lipinski definition) is 5. The highest BCUT2D eigenvalue weighted by Crippen LogP contribution is 2.07. The van der Waals surface area contributed by atoms with Crippen LogP contribution in [0.3, 0.4) is 0 Å². The van der Waals surface area contributed by atoms with Gasteiger partial charge in [0.15, 0.2) is 0 Å². The summed E-state index contributed by atoms with van der Waals surface area (Å²) in [6.07, 6.45) is 2.46. The van der Waals surface area contributed by atoms with Gasteiger partial charge in [-0.1, -0.05) is 18.2 Å². The topological polar surface area (TPSA) is 111 Å². The molecule has 2 amide bonds. The minimum absolute atomic E-state index is 0.0582. The molecule has 0 fully saturated rings. The Morgan fingerprint density at radius 1 is 1.08 bits per heavy atom. The summed E-state index contributed by atoms with van der Waals surface area (Å²) < 4.78 is 5.13. The van der Waals surface area contributed by atoms with Crippen molar-refractivity contribution in [2.75, 3.05) is 6.54 Å². The number of nitrogens with one attached hydrogen (secondary N) is 2. The van der Waals surface area contributed by atoms with Gasteiger partial charge < -0.3 is 25.0 Å². The third kappa shape index (κ3) is 5.13. The second-order valence-electron chi connectivity index (χ2n) is 4.77. The maximum Gasteiger partial charge on any atom is 0.267 e. The zero-order valence-corrected chi connectivity index (χ0v) is 12.7. The summed E-state index contributed by atoms with van der Waals surface area (Å²) in [5.41, 5.74) is 0.322. The second-order valence-corrected chi connectivity index (χ2v) is 4.77. The van der Waals surface area contributed by atoms with E-state index < -0.39 is 17.8 Å². The maximum atomic E-state index is 12.2. The zero-order chi connectivity index (χ0) is 17.4. The first kappa shape index (κ1) is 17.0. The first-order valence-electron chi connectivity index (χ1n) is 7.16. The Morgan fingerprint density at radius 3 is 2.46 bits per heavy atom. The molecule has 0 saturated carbocycles. The maximum absolute atomic E-state index is 12.2. The molecule has 0 atom stereocenters. The quantitative estimate of drug-likeness (QED) is 0.711. The van der Waals surface area contributed by atoms with Crippen LogP contribution in [0.2, 0.25) is 0 Å². The lowest BCUT2D eigenvalue weighted by atomic mass is 10.2. The summed E-state index contributed by atoms with van der Waals surface area (Å²) in [4.78, 5) is 34.8. The van der Waals surface area contributed by atoms with Crippen molar-refractivity contribution in [3.8, 4) is 0 Å². The number of benzene rings is 1. The number of carbonyl (C=O) groups excluding carboxylic acids is 3. The Hall–Kier alpha value is -3.35. The molecule has 1 aromatic heterocycles. The average molecular weight is 327 g/mol. The summed E-state index contributed by atoms with van der Waals surface area (Å²) in [5.74, 6) is -2.01. The van der Waals surface area contributed by atoms with E-state index in [4.69, 9.17) is 4.42 Å². The van der Waals surface area contributed by atoms with E-state index in [2.05, 4.69) is 10.6 Å². The Kier molecular flexibility index (Phi) is 5.90. The summed E-state index contributed by atoms with van der Waals surface area (Å²) in [5, 5.41) is 15.3. The van der Waals surface area contributed by atoms with Crippen molar-refractivity contribution in [3.63, 3.8) is 0 Å². The molecule has 0 bridgehead atoms. The predicted molar refractivity (Wildman–Crippen MR) is 83.2 cm³/mol. The van der Waals surface area contributed by atoms with E-state index in [9.17, 15) is 19.5 Å². The van der Waals surface area contributed by atoms with Crippen LogP contribution in [0.25, 0.3) is 6.08 Å². The minimum Gasteiger partial charge on any atom is -0.550 e. The minimum atomic E-state index is -1.28. The zero-order valence-electron chi connectivity index (χ0n) is 12.7. The monoisotopic (exact) mass is 327 g/mol. The Balaban J connectivity index is 2.12. The fourth-order valence-corrected chi connectivity index (χ4v) is 1.83. The number of amides is 2. The first-order chi connectivity index (χ1) is 11.6. The first-order valence-corrected chi connectivity index (χ1v) is 7.16. The molecule has 0 saturated heterocycles. The van der Waals surface area contributed by atoms with Crippen LogP contribution in [0.15, 0.2) is 58.8 Å². The number of hydrogen-bond donors (Lipinski definition) is 2. The van der Waals surface area contributed by atoms with E-state index in [1.54, 1.807) is 42.5 Å². The van der Waals surface area contributed by atoms with Crippen LogP contribution in [0.1, 0.15) is 22.5 Å². The van der Waals surface area contributed by atoms with Gasteiger partial charge in [0.1, 0.15) is 11.5 Å². The SMILES string of the molecule is O=C([O-])CCNC(=O)/C(=C/c1ccco1)NC(=O)c1ccccc1. The van der Waals surface area contributed by atoms with E-state index in [0.717, 1.165) is 0 Å². The molecule has 7 nitrogen and oxygen atoms in total. The number of carbonyl (C=O) groups is 3. The van der Waals surface area contributed by atoms with Crippen LogP contribution >= 0.6 is 0 Å². The van der Waals surface area contributed by atoms with E-state index in [1.807, 2.05) is 0 Å². The van der Waals surface area contributed by atoms with Crippen LogP contribution in [0, 0.1) is 0 Å². The fourth-order valence-electron chi connectivity index (χ4n) is 1.83. The summed E-state index contributed by atoms with van der Waals surface area (Å²) >= 11 is 0. The largest absolute Gasteiger partial charge is 0.550 e. The van der Waals surface area contributed by atoms with E-state index in [0.29, 0.717) is 11.3 Å². The van der Waals surface area contributed by atoms with Gasteiger partial charge in [-0.05, 0) is 24.3 Å². The lowest BCUT2D eigenvalue weighted by Gasteiger charge is -2.11. The summed E-state index contributed by atoms with van der Waals surface area (Å²) in [6.45, 7) is -0.113. The standard InChI is InChI=1S/C17H16N2O5/c20-15(21)8-9-18-17(23)14(11-13-7-4-10-24-13)19-16(22)12-5-2-1-3-6-12/h1-7,10-11H,8-9H2,(H,18,23)(H,19,22)(H,20,21)/p-1/b14-11-. The normalized spacial score (nSPS) is 10.9. The predicted octanol–water partition coefficient (Wildman–Crippen LogP) is 0.307. The molecule has 0 unspecified atom stereocenters. The molecule has 0 aliphatic heterocycles. The Bertz CT molecular complexity index is 736. The van der Waals surface area contributed by atoms with Crippen LogP contribution in [0.4, 0.5) is 0 Å². The molecule has 0 radical (unpaired) electrons. The van der Waals surface area contributed by atoms with Gasteiger partial charge in [-0.2, -0.15) is 0 Å². The van der Waals surface area contributed by atoms with Gasteiger partial charge in [0.2, 0.25) is 0 Å². The van der Waals surface area contributed by atoms with Crippen LogP contribution in [-0.4, -0.2) is 24.3 Å². The van der Waals surface area contributed by atoms with Gasteiger partial charge in [-0.25, -0.2) is 0 Å². The molecular weight excluding hydrogens is 312 g/mol. The molecule has 24 heavy (non-hydrogen) atoms. The van der Waals surface area contributed by atoms with Crippen molar-refractivity contribution in [2.24, 2.45) is 0 Å². The van der Waals surface area contributed by atoms with Gasteiger partial charge in [0.25, 0.3) is 11.8 Å². The molecular formula is C17H15N2O5-. The van der Waals surface area contributed by atoms with Crippen molar-refractivity contribution in [2.45, 2.75) is 6.42 Å². The molecule has 2 aromatic rings. The van der Waals surface area contributed by atoms with E-state index >= 15 is 0 Å². The molecule has 0 spiro atoms. The highest BCUT2D eigenvalue weighted by Gasteiger charge is 2.14. The van der Waals surface area contributed by atoms with Gasteiger partial charge in [0, 0.05) is 30.6 Å². The molecule has 0 aliphatic carbocycles. The van der Waals surface area contributed by atoms with E-state index in [-0.39, 0.29) is 18.7 Å². The van der Waals surface area contributed by atoms with Crippen LogP contribution in [-0.2, 0) is 9.59 Å². The van der Waals surface area contributed by atoms with Crippen LogP contribution in [0.5, 0.6) is 0 Å². The van der Waals surface area contributed by atoms with Crippen molar-refractivity contribution < 1.29 is 23.9 Å². The molecule has 2 rings (SSSR count). The Morgan fingerprint density at radius 2 is 1.83 bits per heavy atom. The van der Waals surface area contributed by atoms with Gasteiger partial charge in [-0.15, -0.1) is 0 Å². The number of furan rings is 1. The average Bonchev–Trinajstić information content (AvgIpc) is 3.07. The summed E-state index contributed by atoms with van der Waals surface area (Å²) in [7, 11) is 0. The molecule has 0 aliphatic rings. The Labute approximate surface area is 138 Å². The fraction of sp³-hybridized carbons (Fsp3) is 0.118. The lowest BCUT2D eigenvalue weighted by Crippen LogP contribution is -2.37. The van der Waals surface area contributed by atoms with Crippen LogP contribution < -0.4 is 15.7 Å². The third-order valence-corrected chi connectivity index (χ3v) is 2.97. The number of carboxylic acid groups (broad SMARTS) is 1. The highest BCUT2D eigenvalue weighted by atomic mass is 16.4. The van der Waals surface area contributed by atoms with Crippen molar-refractivity contribution in [1.82, 2.24) is 10.6 Å². The smallest absolute Gasteiger partial charge is 0.267 e. The number of carboxylic acids is 1. The molecule has 124 valence electrons. The molecule has 1 aromatic carbocycles. The number of rotatable bonds is 7. The third-order valence-electron chi connectivity index (χ3n) is 2.97. The highest BCUT2D eigenvalue weighted by molar-refractivity contribution is 6.05.